The summed E-state index contributed by atoms with van der Waals surface area (Å²) < 4.78 is 0. The second-order valence-electron chi connectivity index (χ2n) is 5.70. The van der Waals surface area contributed by atoms with Gasteiger partial charge in [0.2, 0.25) is 0 Å². The number of aliphatic hydroxyl groups is 1. The number of carbonyl (C=O) groups excluding carboxylic acids is 1. The van der Waals surface area contributed by atoms with Gasteiger partial charge in [0, 0.05) is 18.8 Å². The van der Waals surface area contributed by atoms with Crippen molar-refractivity contribution in [1.82, 2.24) is 0 Å². The predicted molar refractivity (Wildman–Crippen MR) is 87.9 cm³/mol. The summed E-state index contributed by atoms with van der Waals surface area (Å²) in [5, 5.41) is 22.6. The Balaban J connectivity index is 0.00000484. The number of hydrogen-bond acceptors (Lipinski definition) is 4. The zero-order chi connectivity index (χ0) is 16.0. The number of unbranched alkanes of at least 4 members (excludes halogenated alkanes) is 8. The van der Waals surface area contributed by atoms with Crippen molar-refractivity contribution in [3.05, 3.63) is 29.8 Å². The van der Waals surface area contributed by atoms with Gasteiger partial charge in [0.1, 0.15) is 0 Å². The fourth-order valence-corrected chi connectivity index (χ4v) is 2.43. The second kappa shape index (κ2) is 15.6. The Hall–Kier alpha value is 0.0864. The molecule has 0 fully saturated rings. The van der Waals surface area contributed by atoms with Gasteiger partial charge in [0.15, 0.2) is 0 Å². The van der Waals surface area contributed by atoms with Crippen LogP contribution >= 0.6 is 0 Å². The Morgan fingerprint density at radius 1 is 0.870 bits per heavy atom. The quantitative estimate of drug-likeness (QED) is 0.389. The van der Waals surface area contributed by atoms with Crippen LogP contribution in [-0.4, -0.2) is 24.2 Å². The molecule has 1 rings (SSSR count). The molecule has 0 saturated carbocycles. The number of hydrogen-bond donors (Lipinski definition) is 2. The minimum Gasteiger partial charge on any atom is -0.545 e. The number of benzene rings is 1. The minimum atomic E-state index is -1.14. The maximum atomic E-state index is 10.6. The first-order valence-electron chi connectivity index (χ1n) is 8.40. The van der Waals surface area contributed by atoms with Crippen molar-refractivity contribution in [2.75, 3.05) is 18.5 Å². The van der Waals surface area contributed by atoms with Crippen molar-refractivity contribution < 1.29 is 66.4 Å². The number of aromatic carboxylic acids is 1. The molecule has 4 nitrogen and oxygen atoms in total. The Morgan fingerprint density at radius 3 is 1.83 bits per heavy atom. The molecule has 0 aromatic heterocycles. The Kier molecular flexibility index (Phi) is 15.7. The van der Waals surface area contributed by atoms with Gasteiger partial charge in [0.25, 0.3) is 0 Å². The van der Waals surface area contributed by atoms with E-state index < -0.39 is 5.97 Å². The van der Waals surface area contributed by atoms with E-state index in [4.69, 9.17) is 5.11 Å². The normalized spacial score (nSPS) is 10.1. The molecule has 0 aliphatic rings. The molecule has 0 bridgehead atoms. The number of carbonyl (C=O) groups is 1. The van der Waals surface area contributed by atoms with E-state index in [2.05, 4.69) is 5.32 Å². The van der Waals surface area contributed by atoms with E-state index in [9.17, 15) is 9.90 Å². The van der Waals surface area contributed by atoms with Crippen molar-refractivity contribution in [3.8, 4) is 0 Å². The van der Waals surface area contributed by atoms with Crippen LogP contribution in [0.3, 0.4) is 0 Å². The molecule has 0 saturated heterocycles. The standard InChI is InChI=1S/C18H29NO3.K/c20-15-9-7-5-3-1-2-4-6-8-14-19-17-12-10-16(11-13-17)18(21)22;/h10-13,19-20H,1-9,14-15H2,(H,21,22);/q;+1/p-1. The van der Waals surface area contributed by atoms with Crippen LogP contribution in [0.25, 0.3) is 0 Å². The summed E-state index contributed by atoms with van der Waals surface area (Å²) in [5.41, 5.74) is 1.17. The molecule has 23 heavy (non-hydrogen) atoms. The summed E-state index contributed by atoms with van der Waals surface area (Å²) in [5.74, 6) is -1.14. The van der Waals surface area contributed by atoms with Gasteiger partial charge in [-0.1, -0.05) is 57.1 Å². The van der Waals surface area contributed by atoms with Crippen LogP contribution in [0, 0.1) is 0 Å². The van der Waals surface area contributed by atoms with Crippen LogP contribution in [0.2, 0.25) is 0 Å². The zero-order valence-corrected chi connectivity index (χ0v) is 17.5. The number of carboxylic acid groups (broad SMARTS) is 1. The van der Waals surface area contributed by atoms with Crippen LogP contribution in [0.5, 0.6) is 0 Å². The van der Waals surface area contributed by atoms with Gasteiger partial charge < -0.3 is 20.3 Å². The first kappa shape index (κ1) is 23.1. The third-order valence-electron chi connectivity index (χ3n) is 3.78. The van der Waals surface area contributed by atoms with E-state index in [0.717, 1.165) is 31.5 Å². The molecular weight excluding hydrogens is 317 g/mol. The van der Waals surface area contributed by atoms with E-state index in [-0.39, 0.29) is 56.9 Å². The zero-order valence-electron chi connectivity index (χ0n) is 14.4. The van der Waals surface area contributed by atoms with E-state index in [1.165, 1.54) is 38.5 Å². The molecule has 0 radical (unpaired) electrons. The van der Waals surface area contributed by atoms with E-state index in [0.29, 0.717) is 6.61 Å². The summed E-state index contributed by atoms with van der Waals surface area (Å²) in [6.45, 7) is 1.24. The van der Waals surface area contributed by atoms with Crippen molar-refractivity contribution in [2.24, 2.45) is 0 Å². The molecule has 0 aliphatic carbocycles. The van der Waals surface area contributed by atoms with Crippen molar-refractivity contribution >= 4 is 11.7 Å². The smallest absolute Gasteiger partial charge is 0.545 e. The largest absolute Gasteiger partial charge is 1.00 e. The first-order chi connectivity index (χ1) is 10.7. The summed E-state index contributed by atoms with van der Waals surface area (Å²) in [4.78, 5) is 10.6. The van der Waals surface area contributed by atoms with E-state index in [1.807, 2.05) is 0 Å². The van der Waals surface area contributed by atoms with Crippen LogP contribution < -0.4 is 61.8 Å². The summed E-state index contributed by atoms with van der Waals surface area (Å²) in [6.07, 6.45) is 10.8. The number of rotatable bonds is 13. The van der Waals surface area contributed by atoms with E-state index in [1.54, 1.807) is 24.3 Å². The monoisotopic (exact) mass is 345 g/mol. The molecule has 0 amide bonds. The van der Waals surface area contributed by atoms with Gasteiger partial charge in [-0.3, -0.25) is 0 Å². The number of carboxylic acids is 1. The molecule has 1 aromatic rings. The van der Waals surface area contributed by atoms with Gasteiger partial charge in [0.05, 0.1) is 5.97 Å². The second-order valence-corrected chi connectivity index (χ2v) is 5.70. The SMILES string of the molecule is O=C([O-])c1ccc(NCCCCCCCCCCCO)cc1.[K+]. The number of anilines is 1. The minimum absolute atomic E-state index is 0. The predicted octanol–water partition coefficient (Wildman–Crippen LogP) is -0.0308. The van der Waals surface area contributed by atoms with Crippen molar-refractivity contribution in [3.63, 3.8) is 0 Å². The molecule has 0 spiro atoms. The molecule has 0 aliphatic heterocycles. The Labute approximate surface area is 182 Å². The van der Waals surface area contributed by atoms with Gasteiger partial charge in [-0.15, -0.1) is 0 Å². The maximum absolute atomic E-state index is 10.6. The Bertz CT molecular complexity index is 409. The van der Waals surface area contributed by atoms with Crippen molar-refractivity contribution in [1.29, 1.82) is 0 Å². The van der Waals surface area contributed by atoms with Gasteiger partial charge in [-0.2, -0.15) is 0 Å². The van der Waals surface area contributed by atoms with Gasteiger partial charge in [-0.05, 0) is 30.5 Å². The van der Waals surface area contributed by atoms with E-state index >= 15 is 0 Å². The third kappa shape index (κ3) is 12.1. The fraction of sp³-hybridized carbons (Fsp3) is 0.611. The molecule has 124 valence electrons. The average molecular weight is 346 g/mol. The topological polar surface area (TPSA) is 72.4 Å². The maximum Gasteiger partial charge on any atom is 1.00 e. The van der Waals surface area contributed by atoms with Crippen LogP contribution in [-0.2, 0) is 0 Å². The summed E-state index contributed by atoms with van der Waals surface area (Å²) >= 11 is 0. The molecular formula is C18H28KNO3. The van der Waals surface area contributed by atoms with Crippen LogP contribution in [0.1, 0.15) is 68.1 Å². The molecule has 0 heterocycles. The van der Waals surface area contributed by atoms with Crippen LogP contribution in [0.4, 0.5) is 5.69 Å². The third-order valence-corrected chi connectivity index (χ3v) is 3.78. The molecule has 0 atom stereocenters. The molecule has 2 N–H and O–H groups in total. The summed E-state index contributed by atoms with van der Waals surface area (Å²) in [6, 6.07) is 6.68. The van der Waals surface area contributed by atoms with Gasteiger partial charge >= 0.3 is 51.4 Å². The fourth-order valence-electron chi connectivity index (χ4n) is 2.43. The average Bonchev–Trinajstić information content (AvgIpc) is 2.53. The van der Waals surface area contributed by atoms with Crippen LogP contribution in [0.15, 0.2) is 24.3 Å². The molecule has 0 unspecified atom stereocenters. The molecule has 1 aromatic carbocycles. The Morgan fingerprint density at radius 2 is 1.35 bits per heavy atom. The first-order valence-corrected chi connectivity index (χ1v) is 8.40. The van der Waals surface area contributed by atoms with Gasteiger partial charge in [-0.25, -0.2) is 0 Å². The number of aliphatic hydroxyl groups excluding tert-OH is 1. The summed E-state index contributed by atoms with van der Waals surface area (Å²) in [7, 11) is 0. The van der Waals surface area contributed by atoms with Crippen molar-refractivity contribution in [2.45, 2.75) is 57.8 Å². The molecule has 5 heteroatoms. The number of nitrogens with one attached hydrogen (secondary N) is 1.